The lowest BCUT2D eigenvalue weighted by molar-refractivity contribution is 0.135. The highest BCUT2D eigenvalue weighted by atomic mass is 32.2. The van der Waals surface area contributed by atoms with Crippen molar-refractivity contribution in [3.8, 4) is 0 Å². The molecular formula is C12H22S. The fourth-order valence-corrected chi connectivity index (χ4v) is 4.56. The normalized spacial score (nSPS) is 39.5. The van der Waals surface area contributed by atoms with E-state index in [2.05, 4.69) is 32.5 Å². The van der Waals surface area contributed by atoms with E-state index in [0.717, 1.165) is 17.1 Å². The average molecular weight is 198 g/mol. The minimum atomic E-state index is 0.549. The van der Waals surface area contributed by atoms with Gasteiger partial charge in [-0.2, -0.15) is 11.8 Å². The molecule has 2 rings (SSSR count). The Morgan fingerprint density at radius 2 is 2.08 bits per heavy atom. The van der Waals surface area contributed by atoms with Crippen molar-refractivity contribution in [1.82, 2.24) is 0 Å². The third-order valence-corrected chi connectivity index (χ3v) is 5.12. The van der Waals surface area contributed by atoms with E-state index in [4.69, 9.17) is 0 Å². The Labute approximate surface area is 86.9 Å². The van der Waals surface area contributed by atoms with E-state index in [-0.39, 0.29) is 0 Å². The van der Waals surface area contributed by atoms with Gasteiger partial charge in [0, 0.05) is 5.25 Å². The van der Waals surface area contributed by atoms with Crippen molar-refractivity contribution in [3.63, 3.8) is 0 Å². The zero-order valence-electron chi connectivity index (χ0n) is 9.18. The summed E-state index contributed by atoms with van der Waals surface area (Å²) in [6, 6.07) is 0. The quantitative estimate of drug-likeness (QED) is 0.614. The second kappa shape index (κ2) is 3.49. The maximum absolute atomic E-state index is 2.38. The Morgan fingerprint density at radius 1 is 1.31 bits per heavy atom. The molecule has 13 heavy (non-hydrogen) atoms. The van der Waals surface area contributed by atoms with Crippen LogP contribution in [0, 0.1) is 17.3 Å². The van der Waals surface area contributed by atoms with Crippen LogP contribution >= 0.6 is 11.8 Å². The van der Waals surface area contributed by atoms with E-state index >= 15 is 0 Å². The summed E-state index contributed by atoms with van der Waals surface area (Å²) >= 11 is 2.26. The van der Waals surface area contributed by atoms with Crippen LogP contribution in [0.3, 0.4) is 0 Å². The van der Waals surface area contributed by atoms with E-state index in [9.17, 15) is 0 Å². The van der Waals surface area contributed by atoms with Gasteiger partial charge in [0.1, 0.15) is 0 Å². The molecular weight excluding hydrogens is 176 g/mol. The maximum atomic E-state index is 2.38. The molecule has 1 heterocycles. The fraction of sp³-hybridized carbons (Fsp3) is 1.00. The molecule has 0 bridgehead atoms. The van der Waals surface area contributed by atoms with Crippen LogP contribution < -0.4 is 0 Å². The van der Waals surface area contributed by atoms with Gasteiger partial charge >= 0.3 is 0 Å². The van der Waals surface area contributed by atoms with Gasteiger partial charge in [-0.25, -0.2) is 0 Å². The Balaban J connectivity index is 1.84. The van der Waals surface area contributed by atoms with E-state index in [1.54, 1.807) is 0 Å². The van der Waals surface area contributed by atoms with Crippen molar-refractivity contribution in [2.75, 3.05) is 5.75 Å². The van der Waals surface area contributed by atoms with Gasteiger partial charge in [0.05, 0.1) is 0 Å². The maximum Gasteiger partial charge on any atom is 0.0104 e. The second-order valence-corrected chi connectivity index (χ2v) is 7.28. The number of fused-ring (bicyclic) bond motifs is 1. The predicted octanol–water partition coefficient (Wildman–Crippen LogP) is 3.95. The fourth-order valence-electron chi connectivity index (χ4n) is 2.95. The Morgan fingerprint density at radius 3 is 2.69 bits per heavy atom. The Hall–Kier alpha value is 0.350. The van der Waals surface area contributed by atoms with Crippen molar-refractivity contribution >= 4 is 11.8 Å². The van der Waals surface area contributed by atoms with Gasteiger partial charge in [-0.15, -0.1) is 0 Å². The van der Waals surface area contributed by atoms with Gasteiger partial charge in [0.15, 0.2) is 0 Å². The molecule has 0 spiro atoms. The van der Waals surface area contributed by atoms with E-state index in [0.29, 0.717) is 5.41 Å². The van der Waals surface area contributed by atoms with Crippen molar-refractivity contribution < 1.29 is 0 Å². The van der Waals surface area contributed by atoms with Gasteiger partial charge in [0.25, 0.3) is 0 Å². The van der Waals surface area contributed by atoms with E-state index in [1.807, 2.05) is 0 Å². The summed E-state index contributed by atoms with van der Waals surface area (Å²) in [5.74, 6) is 3.59. The zero-order chi connectivity index (χ0) is 9.47. The molecule has 0 aromatic carbocycles. The van der Waals surface area contributed by atoms with Crippen LogP contribution in [0.5, 0.6) is 0 Å². The molecule has 0 N–H and O–H groups in total. The highest BCUT2D eigenvalue weighted by Gasteiger charge is 2.43. The summed E-state index contributed by atoms with van der Waals surface area (Å²) in [6.45, 7) is 7.15. The van der Waals surface area contributed by atoms with Crippen molar-refractivity contribution in [2.24, 2.45) is 17.3 Å². The first-order valence-electron chi connectivity index (χ1n) is 5.68. The van der Waals surface area contributed by atoms with Gasteiger partial charge in [0.2, 0.25) is 0 Å². The first-order chi connectivity index (χ1) is 6.06. The van der Waals surface area contributed by atoms with Crippen LogP contribution in [-0.2, 0) is 0 Å². The number of rotatable bonds is 1. The van der Waals surface area contributed by atoms with E-state index in [1.165, 1.54) is 31.4 Å². The summed E-state index contributed by atoms with van der Waals surface area (Å²) in [4.78, 5) is 0. The minimum Gasteiger partial charge on any atom is -0.158 e. The standard InChI is InChI=1S/C12H22S/c1-12(2,3)8-10-7-9-5-4-6-13-11(9)10/h9-11H,4-8H2,1-3H3. The molecule has 1 heteroatoms. The highest BCUT2D eigenvalue weighted by molar-refractivity contribution is 8.00. The third kappa shape index (κ3) is 2.23. The van der Waals surface area contributed by atoms with Crippen molar-refractivity contribution in [2.45, 2.75) is 51.7 Å². The number of hydrogen-bond acceptors (Lipinski definition) is 1. The summed E-state index contributed by atoms with van der Waals surface area (Å²) in [5, 5.41) is 1.05. The summed E-state index contributed by atoms with van der Waals surface area (Å²) in [5.41, 5.74) is 0.549. The molecule has 3 unspecified atom stereocenters. The molecule has 1 saturated heterocycles. The first kappa shape index (κ1) is 9.89. The third-order valence-electron chi connectivity index (χ3n) is 3.44. The molecule has 1 aliphatic carbocycles. The van der Waals surface area contributed by atoms with Gasteiger partial charge in [-0.3, -0.25) is 0 Å². The summed E-state index contributed by atoms with van der Waals surface area (Å²) in [6.07, 6.45) is 5.99. The van der Waals surface area contributed by atoms with Crippen LogP contribution in [0.25, 0.3) is 0 Å². The molecule has 2 aliphatic rings. The Kier molecular flexibility index (Phi) is 2.65. The predicted molar refractivity (Wildman–Crippen MR) is 61.1 cm³/mol. The van der Waals surface area contributed by atoms with Crippen LogP contribution in [0.1, 0.15) is 46.5 Å². The second-order valence-electron chi connectivity index (χ2n) is 6.00. The topological polar surface area (TPSA) is 0 Å². The van der Waals surface area contributed by atoms with Gasteiger partial charge in [-0.05, 0) is 48.7 Å². The molecule has 3 atom stereocenters. The zero-order valence-corrected chi connectivity index (χ0v) is 9.99. The molecule has 2 fully saturated rings. The van der Waals surface area contributed by atoms with Crippen LogP contribution in [0.15, 0.2) is 0 Å². The van der Waals surface area contributed by atoms with Crippen LogP contribution in [-0.4, -0.2) is 11.0 Å². The smallest absolute Gasteiger partial charge is 0.0104 e. The monoisotopic (exact) mass is 198 g/mol. The van der Waals surface area contributed by atoms with Gasteiger partial charge < -0.3 is 0 Å². The number of thioether (sulfide) groups is 1. The summed E-state index contributed by atoms with van der Waals surface area (Å²) in [7, 11) is 0. The lowest BCUT2D eigenvalue weighted by atomic mass is 9.66. The van der Waals surface area contributed by atoms with Gasteiger partial charge in [-0.1, -0.05) is 20.8 Å². The molecule has 76 valence electrons. The van der Waals surface area contributed by atoms with E-state index < -0.39 is 0 Å². The minimum absolute atomic E-state index is 0.549. The molecule has 0 aromatic rings. The first-order valence-corrected chi connectivity index (χ1v) is 6.73. The molecule has 0 radical (unpaired) electrons. The Bertz CT molecular complexity index is 180. The lowest BCUT2D eigenvalue weighted by Gasteiger charge is -2.49. The molecule has 0 nitrogen and oxygen atoms in total. The molecule has 1 saturated carbocycles. The largest absolute Gasteiger partial charge is 0.158 e. The van der Waals surface area contributed by atoms with Crippen LogP contribution in [0.2, 0.25) is 0 Å². The van der Waals surface area contributed by atoms with Crippen molar-refractivity contribution in [1.29, 1.82) is 0 Å². The molecule has 1 aliphatic heterocycles. The molecule has 0 amide bonds. The highest BCUT2D eigenvalue weighted by Crippen LogP contribution is 2.52. The summed E-state index contributed by atoms with van der Waals surface area (Å²) < 4.78 is 0. The average Bonchev–Trinajstić information content (AvgIpc) is 1.99. The lowest BCUT2D eigenvalue weighted by Crippen LogP contribution is -2.43. The molecule has 0 aromatic heterocycles. The van der Waals surface area contributed by atoms with Crippen molar-refractivity contribution in [3.05, 3.63) is 0 Å². The van der Waals surface area contributed by atoms with Crippen LogP contribution in [0.4, 0.5) is 0 Å². The number of hydrogen-bond donors (Lipinski definition) is 0. The SMILES string of the molecule is CC(C)(C)CC1CC2CCCSC21.